The fraction of sp³-hybridized carbons (Fsp3) is 0.625. The first-order chi connectivity index (χ1) is 10.0. The first-order valence-electron chi connectivity index (χ1n) is 7.49. The number of rotatable bonds is 5. The summed E-state index contributed by atoms with van der Waals surface area (Å²) in [5.41, 5.74) is 7.84. The van der Waals surface area contributed by atoms with Crippen molar-refractivity contribution >= 4 is 0 Å². The predicted molar refractivity (Wildman–Crippen MR) is 80.0 cm³/mol. The fourth-order valence-electron chi connectivity index (χ4n) is 2.52. The lowest BCUT2D eigenvalue weighted by Crippen LogP contribution is -2.43. The van der Waals surface area contributed by atoms with Crippen LogP contribution < -0.4 is 10.5 Å². The van der Waals surface area contributed by atoms with Crippen molar-refractivity contribution in [2.24, 2.45) is 5.73 Å². The molecule has 0 saturated carbocycles. The summed E-state index contributed by atoms with van der Waals surface area (Å²) in [6.45, 7) is 4.50. The maximum Gasteiger partial charge on any atom is 0.200 e. The van der Waals surface area contributed by atoms with E-state index in [-0.39, 0.29) is 6.61 Å². The van der Waals surface area contributed by atoms with Crippen molar-refractivity contribution in [3.05, 3.63) is 29.3 Å². The number of hydrogen-bond donors (Lipinski definition) is 3. The number of aliphatic hydroxyl groups is 2. The van der Waals surface area contributed by atoms with Gasteiger partial charge < -0.3 is 25.4 Å². The minimum atomic E-state index is -0.626. The highest BCUT2D eigenvalue weighted by Gasteiger charge is 2.30. The smallest absolute Gasteiger partial charge is 0.200 e. The van der Waals surface area contributed by atoms with Crippen LogP contribution >= 0.6 is 0 Å². The topological polar surface area (TPSA) is 84.9 Å². The van der Waals surface area contributed by atoms with E-state index in [1.807, 2.05) is 12.1 Å². The largest absolute Gasteiger partial charge is 0.465 e. The van der Waals surface area contributed by atoms with E-state index in [9.17, 15) is 10.2 Å². The Bertz CT molecular complexity index is 464. The van der Waals surface area contributed by atoms with E-state index in [2.05, 4.69) is 19.9 Å². The van der Waals surface area contributed by atoms with Gasteiger partial charge in [-0.15, -0.1) is 0 Å². The van der Waals surface area contributed by atoms with Gasteiger partial charge in [0.05, 0.1) is 12.7 Å². The second-order valence-electron chi connectivity index (χ2n) is 5.78. The second-order valence-corrected chi connectivity index (χ2v) is 5.78. The molecule has 3 atom stereocenters. The summed E-state index contributed by atoms with van der Waals surface area (Å²) in [4.78, 5) is 0. The molecule has 0 spiro atoms. The molecule has 0 amide bonds. The van der Waals surface area contributed by atoms with Crippen LogP contribution in [0.15, 0.2) is 18.2 Å². The molecule has 1 saturated heterocycles. The zero-order chi connectivity index (χ0) is 15.4. The minimum Gasteiger partial charge on any atom is -0.465 e. The van der Waals surface area contributed by atoms with Crippen LogP contribution in [-0.2, 0) is 11.3 Å². The molecule has 1 fully saturated rings. The van der Waals surface area contributed by atoms with Crippen LogP contribution in [0.4, 0.5) is 0 Å². The first-order valence-corrected chi connectivity index (χ1v) is 7.49. The molecular formula is C16H25NO4. The number of ether oxygens (including phenoxy) is 2. The normalized spacial score (nSPS) is 26.1. The summed E-state index contributed by atoms with van der Waals surface area (Å²) >= 11 is 0. The lowest BCUT2D eigenvalue weighted by atomic mass is 9.99. The molecule has 1 aliphatic heterocycles. The van der Waals surface area contributed by atoms with Gasteiger partial charge in [0.1, 0.15) is 11.9 Å². The Labute approximate surface area is 125 Å². The van der Waals surface area contributed by atoms with Crippen LogP contribution in [0.25, 0.3) is 0 Å². The maximum absolute atomic E-state index is 9.71. The highest BCUT2D eigenvalue weighted by molar-refractivity contribution is 5.39. The third-order valence-electron chi connectivity index (χ3n) is 3.82. The summed E-state index contributed by atoms with van der Waals surface area (Å²) in [5.74, 6) is 1.09. The Morgan fingerprint density at radius 3 is 2.76 bits per heavy atom. The van der Waals surface area contributed by atoms with E-state index >= 15 is 0 Å². The van der Waals surface area contributed by atoms with Crippen LogP contribution in [0.1, 0.15) is 43.7 Å². The number of benzene rings is 1. The Balaban J connectivity index is 2.12. The average molecular weight is 295 g/mol. The summed E-state index contributed by atoms with van der Waals surface area (Å²) < 4.78 is 11.5. The molecule has 1 heterocycles. The van der Waals surface area contributed by atoms with Crippen molar-refractivity contribution < 1.29 is 19.7 Å². The molecule has 118 valence electrons. The van der Waals surface area contributed by atoms with Crippen molar-refractivity contribution in [2.75, 3.05) is 6.61 Å². The van der Waals surface area contributed by atoms with Crippen molar-refractivity contribution in [3.63, 3.8) is 0 Å². The molecule has 4 N–H and O–H groups in total. The van der Waals surface area contributed by atoms with Crippen LogP contribution in [0.5, 0.6) is 5.75 Å². The van der Waals surface area contributed by atoms with Gasteiger partial charge in [-0.05, 0) is 29.5 Å². The standard InChI is InChI=1S/C16H25NO4/c1-10(2)12-7-11(8-17)3-5-14(12)20-16-6-4-13(19)15(9-18)21-16/h3,5,7,10,13,15-16,18-19H,4,6,8-9,17H2,1-2H3/t13?,15-,16?/m1/s1. The number of nitrogens with two attached hydrogens (primary N) is 1. The molecule has 1 aromatic carbocycles. The molecule has 0 aromatic heterocycles. The predicted octanol–water partition coefficient (Wildman–Crippen LogP) is 1.51. The van der Waals surface area contributed by atoms with Gasteiger partial charge in [-0.3, -0.25) is 0 Å². The Morgan fingerprint density at radius 1 is 1.38 bits per heavy atom. The van der Waals surface area contributed by atoms with E-state index < -0.39 is 18.5 Å². The SMILES string of the molecule is CC(C)c1cc(CN)ccc1OC1CCC(O)[C@@H](CO)O1. The molecule has 5 heteroatoms. The zero-order valence-corrected chi connectivity index (χ0v) is 12.7. The Morgan fingerprint density at radius 2 is 2.14 bits per heavy atom. The molecule has 21 heavy (non-hydrogen) atoms. The van der Waals surface area contributed by atoms with Gasteiger partial charge in [0.25, 0.3) is 0 Å². The number of aliphatic hydroxyl groups excluding tert-OH is 2. The molecular weight excluding hydrogens is 270 g/mol. The third kappa shape index (κ3) is 3.95. The van der Waals surface area contributed by atoms with Crippen molar-refractivity contribution in [3.8, 4) is 5.75 Å². The average Bonchev–Trinajstić information content (AvgIpc) is 2.49. The molecule has 5 nitrogen and oxygen atoms in total. The molecule has 1 aliphatic rings. The number of hydrogen-bond acceptors (Lipinski definition) is 5. The monoisotopic (exact) mass is 295 g/mol. The summed E-state index contributed by atoms with van der Waals surface area (Å²) in [6.07, 6.45) is -0.470. The summed E-state index contributed by atoms with van der Waals surface area (Å²) in [6, 6.07) is 5.92. The second kappa shape index (κ2) is 7.22. The quantitative estimate of drug-likeness (QED) is 0.766. The third-order valence-corrected chi connectivity index (χ3v) is 3.82. The van der Waals surface area contributed by atoms with Gasteiger partial charge in [0.15, 0.2) is 6.29 Å². The van der Waals surface area contributed by atoms with Gasteiger partial charge in [-0.25, -0.2) is 0 Å². The van der Waals surface area contributed by atoms with Crippen LogP contribution in [0.3, 0.4) is 0 Å². The van der Waals surface area contributed by atoms with E-state index in [0.29, 0.717) is 25.3 Å². The van der Waals surface area contributed by atoms with Crippen molar-refractivity contribution in [1.29, 1.82) is 0 Å². The molecule has 0 radical (unpaired) electrons. The van der Waals surface area contributed by atoms with E-state index in [1.54, 1.807) is 0 Å². The zero-order valence-electron chi connectivity index (χ0n) is 12.7. The first kappa shape index (κ1) is 16.2. The van der Waals surface area contributed by atoms with Crippen molar-refractivity contribution in [1.82, 2.24) is 0 Å². The van der Waals surface area contributed by atoms with E-state index in [4.69, 9.17) is 15.2 Å². The highest BCUT2D eigenvalue weighted by atomic mass is 16.7. The molecule has 0 bridgehead atoms. The maximum atomic E-state index is 9.71. The minimum absolute atomic E-state index is 0.204. The van der Waals surface area contributed by atoms with Crippen LogP contribution in [-0.4, -0.2) is 35.3 Å². The lowest BCUT2D eigenvalue weighted by Gasteiger charge is -2.33. The van der Waals surface area contributed by atoms with E-state index in [1.165, 1.54) is 0 Å². The van der Waals surface area contributed by atoms with Gasteiger partial charge in [-0.1, -0.05) is 26.0 Å². The Hall–Kier alpha value is -1.14. The fourth-order valence-corrected chi connectivity index (χ4v) is 2.52. The molecule has 1 aromatic rings. The summed E-state index contributed by atoms with van der Waals surface area (Å²) in [7, 11) is 0. The van der Waals surface area contributed by atoms with Gasteiger partial charge in [0, 0.05) is 13.0 Å². The molecule has 2 unspecified atom stereocenters. The molecule has 0 aliphatic carbocycles. The van der Waals surface area contributed by atoms with Gasteiger partial charge >= 0.3 is 0 Å². The molecule has 2 rings (SSSR count). The van der Waals surface area contributed by atoms with Crippen molar-refractivity contribution in [2.45, 2.75) is 57.6 Å². The van der Waals surface area contributed by atoms with Crippen LogP contribution in [0.2, 0.25) is 0 Å². The lowest BCUT2D eigenvalue weighted by molar-refractivity contribution is -0.196. The van der Waals surface area contributed by atoms with Crippen LogP contribution in [0, 0.1) is 0 Å². The van der Waals surface area contributed by atoms with E-state index in [0.717, 1.165) is 16.9 Å². The highest BCUT2D eigenvalue weighted by Crippen LogP contribution is 2.30. The Kier molecular flexibility index (Phi) is 5.58. The summed E-state index contributed by atoms with van der Waals surface area (Å²) in [5, 5.41) is 18.9. The van der Waals surface area contributed by atoms with Gasteiger partial charge in [0.2, 0.25) is 0 Å². The van der Waals surface area contributed by atoms with Gasteiger partial charge in [-0.2, -0.15) is 0 Å².